The lowest BCUT2D eigenvalue weighted by Gasteiger charge is -2.08. The first-order valence-electron chi connectivity index (χ1n) is 4.50. The molecule has 2 rings (SSSR count). The number of sulfonamides is 1. The maximum atomic E-state index is 11.9. The van der Waals surface area contributed by atoms with Crippen molar-refractivity contribution in [3.8, 4) is 0 Å². The van der Waals surface area contributed by atoms with Gasteiger partial charge in [0.1, 0.15) is 4.21 Å². The van der Waals surface area contributed by atoms with Gasteiger partial charge in [0, 0.05) is 0 Å². The molecule has 0 atom stereocenters. The number of hydrogen-bond acceptors (Lipinski definition) is 4. The maximum Gasteiger partial charge on any atom is 0.271 e. The number of anilines is 2. The molecule has 0 aliphatic rings. The Morgan fingerprint density at radius 1 is 1.12 bits per heavy atom. The largest absolute Gasteiger partial charge is 0.397 e. The topological polar surface area (TPSA) is 72.2 Å². The van der Waals surface area contributed by atoms with E-state index in [9.17, 15) is 8.42 Å². The van der Waals surface area contributed by atoms with Crippen molar-refractivity contribution >= 4 is 32.7 Å². The molecule has 0 aliphatic heterocycles. The third-order valence-electron chi connectivity index (χ3n) is 1.97. The van der Waals surface area contributed by atoms with E-state index in [0.29, 0.717) is 11.4 Å². The van der Waals surface area contributed by atoms with Gasteiger partial charge in [-0.15, -0.1) is 11.3 Å². The molecule has 0 amide bonds. The Hall–Kier alpha value is -1.53. The molecule has 0 unspecified atom stereocenters. The average Bonchev–Trinajstić information content (AvgIpc) is 2.75. The zero-order valence-electron chi connectivity index (χ0n) is 8.25. The smallest absolute Gasteiger partial charge is 0.271 e. The van der Waals surface area contributed by atoms with Gasteiger partial charge in [0.2, 0.25) is 0 Å². The molecule has 0 spiro atoms. The van der Waals surface area contributed by atoms with Crippen LogP contribution in [0, 0.1) is 0 Å². The summed E-state index contributed by atoms with van der Waals surface area (Å²) in [7, 11) is -3.50. The summed E-state index contributed by atoms with van der Waals surface area (Å²) in [4.78, 5) is 0. The van der Waals surface area contributed by atoms with Crippen LogP contribution < -0.4 is 10.5 Å². The summed E-state index contributed by atoms with van der Waals surface area (Å²) >= 11 is 1.16. The lowest BCUT2D eigenvalue weighted by molar-refractivity contribution is 0.603. The van der Waals surface area contributed by atoms with Crippen molar-refractivity contribution in [1.29, 1.82) is 0 Å². The van der Waals surface area contributed by atoms with Gasteiger partial charge < -0.3 is 5.73 Å². The fourth-order valence-electron chi connectivity index (χ4n) is 1.20. The number of thiophene rings is 1. The minimum atomic E-state index is -3.50. The number of para-hydroxylation sites is 2. The van der Waals surface area contributed by atoms with Crippen LogP contribution in [0.1, 0.15) is 0 Å². The molecule has 0 fully saturated rings. The van der Waals surface area contributed by atoms with E-state index in [1.54, 1.807) is 41.8 Å². The average molecular weight is 254 g/mol. The highest BCUT2D eigenvalue weighted by Gasteiger charge is 2.15. The monoisotopic (exact) mass is 254 g/mol. The highest BCUT2D eigenvalue weighted by molar-refractivity contribution is 7.94. The van der Waals surface area contributed by atoms with Gasteiger partial charge in [-0.3, -0.25) is 4.72 Å². The lowest BCUT2D eigenvalue weighted by atomic mass is 10.3. The number of hydrogen-bond donors (Lipinski definition) is 2. The fraction of sp³-hybridized carbons (Fsp3) is 0. The lowest BCUT2D eigenvalue weighted by Crippen LogP contribution is -2.12. The molecular formula is C10H10N2O2S2. The maximum absolute atomic E-state index is 11.9. The number of rotatable bonds is 3. The van der Waals surface area contributed by atoms with E-state index in [1.165, 1.54) is 0 Å². The summed E-state index contributed by atoms with van der Waals surface area (Å²) in [6.45, 7) is 0. The van der Waals surface area contributed by atoms with Gasteiger partial charge in [0.25, 0.3) is 10.0 Å². The van der Waals surface area contributed by atoms with E-state index in [1.807, 2.05) is 0 Å². The molecule has 0 aliphatic carbocycles. The van der Waals surface area contributed by atoms with Crippen molar-refractivity contribution in [2.24, 2.45) is 0 Å². The standard InChI is InChI=1S/C10H10N2O2S2/c11-8-4-1-2-5-9(8)12-16(13,14)10-6-3-7-15-10/h1-7,12H,11H2. The highest BCUT2D eigenvalue weighted by atomic mass is 32.2. The van der Waals surface area contributed by atoms with Crippen LogP contribution in [0.5, 0.6) is 0 Å². The zero-order chi connectivity index (χ0) is 11.6. The molecule has 6 heteroatoms. The molecule has 1 heterocycles. The van der Waals surface area contributed by atoms with Gasteiger partial charge in [-0.05, 0) is 23.6 Å². The van der Waals surface area contributed by atoms with Crippen LogP contribution >= 0.6 is 11.3 Å². The van der Waals surface area contributed by atoms with Crippen LogP contribution in [0.3, 0.4) is 0 Å². The third-order valence-corrected chi connectivity index (χ3v) is 4.73. The molecular weight excluding hydrogens is 244 g/mol. The second kappa shape index (κ2) is 4.15. The number of nitrogens with one attached hydrogen (secondary N) is 1. The summed E-state index contributed by atoms with van der Waals surface area (Å²) in [6, 6.07) is 9.98. The summed E-state index contributed by atoms with van der Waals surface area (Å²) in [5, 5.41) is 1.71. The minimum absolute atomic E-state index is 0.274. The quantitative estimate of drug-likeness (QED) is 0.824. The van der Waals surface area contributed by atoms with Gasteiger partial charge in [-0.1, -0.05) is 18.2 Å². The summed E-state index contributed by atoms with van der Waals surface area (Å²) in [5.41, 5.74) is 6.46. The van der Waals surface area contributed by atoms with E-state index in [-0.39, 0.29) is 4.21 Å². The first-order chi connectivity index (χ1) is 7.59. The van der Waals surface area contributed by atoms with Crippen LogP contribution in [0.15, 0.2) is 46.0 Å². The summed E-state index contributed by atoms with van der Waals surface area (Å²) < 4.78 is 26.4. The first kappa shape index (κ1) is 11.0. The summed E-state index contributed by atoms with van der Waals surface area (Å²) in [5.74, 6) is 0. The molecule has 1 aromatic heterocycles. The van der Waals surface area contributed by atoms with Gasteiger partial charge in [-0.2, -0.15) is 0 Å². The Bertz CT molecular complexity index is 577. The fourth-order valence-corrected chi connectivity index (χ4v) is 3.28. The van der Waals surface area contributed by atoms with Crippen molar-refractivity contribution in [3.05, 3.63) is 41.8 Å². The molecule has 84 valence electrons. The van der Waals surface area contributed by atoms with Crippen LogP contribution in [-0.4, -0.2) is 8.42 Å². The Morgan fingerprint density at radius 2 is 1.88 bits per heavy atom. The highest BCUT2D eigenvalue weighted by Crippen LogP contribution is 2.23. The Kier molecular flexibility index (Phi) is 2.84. The van der Waals surface area contributed by atoms with E-state index in [4.69, 9.17) is 5.73 Å². The van der Waals surface area contributed by atoms with E-state index < -0.39 is 10.0 Å². The second-order valence-electron chi connectivity index (χ2n) is 3.12. The third kappa shape index (κ3) is 2.17. The van der Waals surface area contributed by atoms with Crippen LogP contribution in [0.25, 0.3) is 0 Å². The van der Waals surface area contributed by atoms with Crippen LogP contribution in [0.4, 0.5) is 11.4 Å². The Balaban J connectivity index is 2.33. The van der Waals surface area contributed by atoms with Gasteiger partial charge in [0.15, 0.2) is 0 Å². The van der Waals surface area contributed by atoms with E-state index in [2.05, 4.69) is 4.72 Å². The van der Waals surface area contributed by atoms with E-state index in [0.717, 1.165) is 11.3 Å². The van der Waals surface area contributed by atoms with Crippen LogP contribution in [0.2, 0.25) is 0 Å². The molecule has 4 nitrogen and oxygen atoms in total. The summed E-state index contributed by atoms with van der Waals surface area (Å²) in [6.07, 6.45) is 0. The predicted molar refractivity (Wildman–Crippen MR) is 66.0 cm³/mol. The normalized spacial score (nSPS) is 11.2. The van der Waals surface area contributed by atoms with Crippen molar-refractivity contribution < 1.29 is 8.42 Å². The number of benzene rings is 1. The zero-order valence-corrected chi connectivity index (χ0v) is 9.88. The number of nitrogen functional groups attached to an aromatic ring is 1. The van der Waals surface area contributed by atoms with Gasteiger partial charge in [-0.25, -0.2) is 8.42 Å². The van der Waals surface area contributed by atoms with Crippen molar-refractivity contribution in [2.45, 2.75) is 4.21 Å². The Morgan fingerprint density at radius 3 is 2.50 bits per heavy atom. The first-order valence-corrected chi connectivity index (χ1v) is 6.87. The molecule has 0 saturated carbocycles. The van der Waals surface area contributed by atoms with Crippen molar-refractivity contribution in [3.63, 3.8) is 0 Å². The predicted octanol–water partition coefficient (Wildman–Crippen LogP) is 2.13. The second-order valence-corrected chi connectivity index (χ2v) is 5.98. The Labute approximate surface area is 97.8 Å². The van der Waals surface area contributed by atoms with Crippen molar-refractivity contribution in [2.75, 3.05) is 10.5 Å². The molecule has 1 aromatic carbocycles. The molecule has 3 N–H and O–H groups in total. The number of nitrogens with two attached hydrogens (primary N) is 1. The molecule has 16 heavy (non-hydrogen) atoms. The molecule has 2 aromatic rings. The molecule has 0 saturated heterocycles. The minimum Gasteiger partial charge on any atom is -0.397 e. The van der Waals surface area contributed by atoms with Crippen molar-refractivity contribution in [1.82, 2.24) is 0 Å². The SMILES string of the molecule is Nc1ccccc1NS(=O)(=O)c1cccs1. The van der Waals surface area contributed by atoms with E-state index >= 15 is 0 Å². The van der Waals surface area contributed by atoms with Crippen LogP contribution in [-0.2, 0) is 10.0 Å². The molecule has 0 radical (unpaired) electrons. The van der Waals surface area contributed by atoms with Gasteiger partial charge in [0.05, 0.1) is 11.4 Å². The molecule has 0 bridgehead atoms. The van der Waals surface area contributed by atoms with Gasteiger partial charge >= 0.3 is 0 Å².